The summed E-state index contributed by atoms with van der Waals surface area (Å²) in [6.07, 6.45) is 0. The van der Waals surface area contributed by atoms with Crippen LogP contribution in [-0.2, 0) is 6.54 Å². The van der Waals surface area contributed by atoms with E-state index in [0.717, 1.165) is 33.1 Å². The maximum absolute atomic E-state index is 13.8. The van der Waals surface area contributed by atoms with Crippen LogP contribution in [0.5, 0.6) is 0 Å². The van der Waals surface area contributed by atoms with Crippen LogP contribution in [-0.4, -0.2) is 14.0 Å². The number of benzene rings is 3. The molecular formula is C25H19N5O. The molecule has 0 amide bonds. The molecule has 6 nitrogen and oxygen atoms in total. The fraction of sp³-hybridized carbons (Fsp3) is 0.0800. The number of H-pyrrole nitrogens is 1. The first kappa shape index (κ1) is 17.7. The van der Waals surface area contributed by atoms with Gasteiger partial charge in [0.2, 0.25) is 0 Å². The minimum absolute atomic E-state index is 0.0514. The molecule has 6 aromatic rings. The molecule has 0 aliphatic carbocycles. The first-order valence-electron chi connectivity index (χ1n) is 10.3. The Morgan fingerprint density at radius 3 is 2.35 bits per heavy atom. The lowest BCUT2D eigenvalue weighted by atomic mass is 10.2. The first-order chi connectivity index (χ1) is 15.3. The molecule has 6 heteroatoms. The predicted octanol–water partition coefficient (Wildman–Crippen LogP) is 6.32. The quantitative estimate of drug-likeness (QED) is 0.344. The predicted molar refractivity (Wildman–Crippen MR) is 125 cm³/mol. The van der Waals surface area contributed by atoms with Gasteiger partial charge in [0.15, 0.2) is 5.69 Å². The summed E-state index contributed by atoms with van der Waals surface area (Å²) in [5.41, 5.74) is 5.55. The molecule has 0 bridgehead atoms. The highest BCUT2D eigenvalue weighted by Gasteiger charge is 2.22. The molecule has 0 fully saturated rings. The number of para-hydroxylation sites is 3. The van der Waals surface area contributed by atoms with E-state index in [1.165, 1.54) is 0 Å². The molecule has 0 saturated carbocycles. The number of aromatic amines is 1. The number of hydrogen-bond donors (Lipinski definition) is 1. The van der Waals surface area contributed by atoms with Crippen molar-refractivity contribution in [2.24, 2.45) is 10.2 Å². The van der Waals surface area contributed by atoms with E-state index >= 15 is 0 Å². The lowest BCUT2D eigenvalue weighted by molar-refractivity contribution is 0.826. The van der Waals surface area contributed by atoms with Crippen molar-refractivity contribution in [2.75, 3.05) is 0 Å². The molecule has 0 atom stereocenters. The van der Waals surface area contributed by atoms with Crippen molar-refractivity contribution in [3.05, 3.63) is 89.2 Å². The van der Waals surface area contributed by atoms with Gasteiger partial charge < -0.3 is 9.55 Å². The van der Waals surface area contributed by atoms with Crippen LogP contribution in [0, 0.1) is 0 Å². The van der Waals surface area contributed by atoms with Crippen molar-refractivity contribution in [1.29, 1.82) is 0 Å². The van der Waals surface area contributed by atoms with Crippen LogP contribution >= 0.6 is 0 Å². The fourth-order valence-corrected chi connectivity index (χ4v) is 4.47. The Morgan fingerprint density at radius 2 is 1.55 bits per heavy atom. The van der Waals surface area contributed by atoms with Crippen molar-refractivity contribution in [3.63, 3.8) is 0 Å². The number of imidazole rings is 1. The third kappa shape index (κ3) is 2.48. The second kappa shape index (κ2) is 6.67. The van der Waals surface area contributed by atoms with E-state index in [0.29, 0.717) is 23.3 Å². The molecule has 0 radical (unpaired) electrons. The molecule has 3 heterocycles. The summed E-state index contributed by atoms with van der Waals surface area (Å²) in [7, 11) is 0. The van der Waals surface area contributed by atoms with Gasteiger partial charge >= 0.3 is 0 Å². The van der Waals surface area contributed by atoms with E-state index < -0.39 is 0 Å². The number of aromatic nitrogens is 3. The van der Waals surface area contributed by atoms with E-state index in [2.05, 4.69) is 26.7 Å². The van der Waals surface area contributed by atoms with Gasteiger partial charge in [0.05, 0.1) is 27.6 Å². The lowest BCUT2D eigenvalue weighted by Crippen LogP contribution is -2.13. The number of fused-ring (bicyclic) bond motifs is 6. The second-order valence-corrected chi connectivity index (χ2v) is 7.50. The molecule has 150 valence electrons. The summed E-state index contributed by atoms with van der Waals surface area (Å²) in [4.78, 5) is 17.2. The highest BCUT2D eigenvalue weighted by molar-refractivity contribution is 6.13. The van der Waals surface area contributed by atoms with Crippen LogP contribution in [0.3, 0.4) is 0 Å². The molecule has 3 aromatic carbocycles. The normalized spacial score (nSPS) is 12.2. The number of aryl methyl sites for hydroxylation is 1. The van der Waals surface area contributed by atoms with E-state index in [4.69, 9.17) is 0 Å². The first-order valence-corrected chi connectivity index (χ1v) is 10.3. The van der Waals surface area contributed by atoms with Crippen molar-refractivity contribution < 1.29 is 0 Å². The van der Waals surface area contributed by atoms with Crippen LogP contribution in [0.15, 0.2) is 93.9 Å². The van der Waals surface area contributed by atoms with E-state index in [9.17, 15) is 4.79 Å². The zero-order chi connectivity index (χ0) is 20.9. The summed E-state index contributed by atoms with van der Waals surface area (Å²) < 4.78 is 3.88. The summed E-state index contributed by atoms with van der Waals surface area (Å²) in [5, 5.41) is 10.8. The smallest absolute Gasteiger partial charge is 0.267 e. The van der Waals surface area contributed by atoms with Gasteiger partial charge in [-0.15, -0.1) is 5.11 Å². The highest BCUT2D eigenvalue weighted by atomic mass is 16.1. The Hall–Kier alpha value is -4.19. The Balaban J connectivity index is 1.85. The van der Waals surface area contributed by atoms with Gasteiger partial charge in [0, 0.05) is 17.4 Å². The van der Waals surface area contributed by atoms with Gasteiger partial charge in [-0.3, -0.25) is 9.20 Å². The van der Waals surface area contributed by atoms with Gasteiger partial charge in [-0.25, -0.2) is 0 Å². The zero-order valence-electron chi connectivity index (χ0n) is 16.9. The van der Waals surface area contributed by atoms with Crippen LogP contribution in [0.2, 0.25) is 0 Å². The van der Waals surface area contributed by atoms with Crippen LogP contribution < -0.4 is 5.56 Å². The zero-order valence-corrected chi connectivity index (χ0v) is 16.9. The van der Waals surface area contributed by atoms with Gasteiger partial charge in [-0.2, -0.15) is 5.11 Å². The summed E-state index contributed by atoms with van der Waals surface area (Å²) in [6, 6.07) is 25.5. The number of azo groups is 1. The summed E-state index contributed by atoms with van der Waals surface area (Å²) in [5.74, 6) is 0. The number of nitrogens with zero attached hydrogens (tertiary/aromatic N) is 4. The maximum atomic E-state index is 13.8. The molecular weight excluding hydrogens is 386 g/mol. The largest absolute Gasteiger partial charge is 0.339 e. The molecule has 0 unspecified atom stereocenters. The van der Waals surface area contributed by atoms with Crippen molar-refractivity contribution in [1.82, 2.24) is 14.0 Å². The highest BCUT2D eigenvalue weighted by Crippen LogP contribution is 2.37. The van der Waals surface area contributed by atoms with Gasteiger partial charge in [-0.1, -0.05) is 48.5 Å². The average molecular weight is 405 g/mol. The Labute approximate surface area is 177 Å². The van der Waals surface area contributed by atoms with Crippen molar-refractivity contribution in [3.8, 4) is 0 Å². The second-order valence-electron chi connectivity index (χ2n) is 7.50. The molecule has 0 saturated heterocycles. The Kier molecular flexibility index (Phi) is 3.80. The van der Waals surface area contributed by atoms with E-state index in [1.54, 1.807) is 4.40 Å². The van der Waals surface area contributed by atoms with Crippen LogP contribution in [0.1, 0.15) is 6.92 Å². The monoisotopic (exact) mass is 405 g/mol. The molecule has 0 aliphatic heterocycles. The molecule has 0 aliphatic rings. The molecule has 3 aromatic heterocycles. The minimum Gasteiger partial charge on any atom is -0.339 e. The third-order valence-corrected chi connectivity index (χ3v) is 5.80. The van der Waals surface area contributed by atoms with Gasteiger partial charge in [0.1, 0.15) is 5.65 Å². The fourth-order valence-electron chi connectivity index (χ4n) is 4.47. The van der Waals surface area contributed by atoms with E-state index in [1.807, 2.05) is 78.9 Å². The molecule has 1 N–H and O–H groups in total. The maximum Gasteiger partial charge on any atom is 0.267 e. The third-order valence-electron chi connectivity index (χ3n) is 5.80. The van der Waals surface area contributed by atoms with E-state index in [-0.39, 0.29) is 5.56 Å². The molecule has 6 rings (SSSR count). The van der Waals surface area contributed by atoms with Gasteiger partial charge in [0.25, 0.3) is 5.56 Å². The summed E-state index contributed by atoms with van der Waals surface area (Å²) in [6.45, 7) is 2.80. The Morgan fingerprint density at radius 1 is 0.839 bits per heavy atom. The minimum atomic E-state index is -0.0514. The van der Waals surface area contributed by atoms with Crippen molar-refractivity contribution in [2.45, 2.75) is 13.5 Å². The van der Waals surface area contributed by atoms with Crippen LogP contribution in [0.4, 0.5) is 11.4 Å². The summed E-state index contributed by atoms with van der Waals surface area (Å²) >= 11 is 0. The Bertz CT molecular complexity index is 1690. The topological polar surface area (TPSA) is 66.9 Å². The van der Waals surface area contributed by atoms with Crippen LogP contribution in [0.25, 0.3) is 38.5 Å². The molecule has 0 spiro atoms. The number of pyridine rings is 1. The average Bonchev–Trinajstić information content (AvgIpc) is 3.36. The standard InChI is InChI=1S/C25H19N5O/c1-2-29-19-14-8-6-12-17(19)21-23(29)22(28-27-16-10-4-3-5-11-16)24-26-18-13-7-9-15-20(18)30(24)25(21)31/h3-15,26H,2H2,1H3. The van der Waals surface area contributed by atoms with Gasteiger partial charge in [-0.05, 0) is 37.3 Å². The van der Waals surface area contributed by atoms with Crippen molar-refractivity contribution >= 4 is 49.9 Å². The lowest BCUT2D eigenvalue weighted by Gasteiger charge is -2.07. The SMILES string of the molecule is CCn1c2ccccc2c2c(=O)n3c([nH]c4ccccc43)c(N=Nc3ccccc3)c21. The number of nitrogens with one attached hydrogen (secondary N) is 1. The number of hydrogen-bond acceptors (Lipinski definition) is 3. The molecule has 31 heavy (non-hydrogen) atoms. The number of rotatable bonds is 3.